The normalized spacial score (nSPS) is 19.1. The number of anilines is 1. The highest BCUT2D eigenvalue weighted by atomic mass is 32.1. The first-order valence-electron chi connectivity index (χ1n) is 6.70. The molecule has 4 rings (SSSR count). The minimum absolute atomic E-state index is 0.535. The minimum Gasteiger partial charge on any atom is -0.378 e. The van der Waals surface area contributed by atoms with Crippen LogP contribution in [0.2, 0.25) is 0 Å². The molecular formula is C12H15N5O2S. The maximum absolute atomic E-state index is 5.38. The van der Waals surface area contributed by atoms with Gasteiger partial charge in [-0.15, -0.1) is 21.5 Å². The van der Waals surface area contributed by atoms with Crippen LogP contribution in [0.5, 0.6) is 0 Å². The molecule has 2 aliphatic rings. The van der Waals surface area contributed by atoms with Gasteiger partial charge in [0.05, 0.1) is 19.8 Å². The third kappa shape index (κ3) is 2.09. The fraction of sp³-hybridized carbons (Fsp3) is 0.583. The zero-order valence-electron chi connectivity index (χ0n) is 11.0. The van der Waals surface area contributed by atoms with Crippen LogP contribution in [0.15, 0.2) is 5.38 Å². The highest BCUT2D eigenvalue weighted by Crippen LogP contribution is 2.28. The van der Waals surface area contributed by atoms with Crippen molar-refractivity contribution in [3.05, 3.63) is 11.2 Å². The first-order valence-corrected chi connectivity index (χ1v) is 7.58. The van der Waals surface area contributed by atoms with Crippen LogP contribution in [0.4, 0.5) is 5.13 Å². The summed E-state index contributed by atoms with van der Waals surface area (Å²) in [6.45, 7) is 5.38. The molecule has 4 heterocycles. The van der Waals surface area contributed by atoms with E-state index in [1.807, 2.05) is 0 Å². The van der Waals surface area contributed by atoms with E-state index in [1.165, 1.54) is 0 Å². The van der Waals surface area contributed by atoms with Crippen LogP contribution < -0.4 is 4.90 Å². The van der Waals surface area contributed by atoms with E-state index >= 15 is 0 Å². The molecule has 0 amide bonds. The molecule has 0 aliphatic carbocycles. The van der Waals surface area contributed by atoms with E-state index in [1.54, 1.807) is 11.3 Å². The Morgan fingerprint density at radius 2 is 1.90 bits per heavy atom. The molecule has 8 heteroatoms. The number of thiazole rings is 1. The first kappa shape index (κ1) is 12.2. The van der Waals surface area contributed by atoms with Crippen LogP contribution in [-0.2, 0) is 22.6 Å². The van der Waals surface area contributed by atoms with E-state index in [4.69, 9.17) is 14.5 Å². The topological polar surface area (TPSA) is 65.3 Å². The summed E-state index contributed by atoms with van der Waals surface area (Å²) in [4.78, 5) is 6.97. The van der Waals surface area contributed by atoms with Gasteiger partial charge >= 0.3 is 0 Å². The molecule has 0 radical (unpaired) electrons. The summed E-state index contributed by atoms with van der Waals surface area (Å²) in [6, 6.07) is 0. The van der Waals surface area contributed by atoms with Gasteiger partial charge in [0, 0.05) is 25.0 Å². The van der Waals surface area contributed by atoms with Crippen molar-refractivity contribution in [2.45, 2.75) is 13.2 Å². The van der Waals surface area contributed by atoms with Gasteiger partial charge < -0.3 is 18.9 Å². The molecule has 0 spiro atoms. The second-order valence-electron chi connectivity index (χ2n) is 4.76. The third-order valence-electron chi connectivity index (χ3n) is 3.52. The van der Waals surface area contributed by atoms with Crippen LogP contribution in [0.1, 0.15) is 5.82 Å². The van der Waals surface area contributed by atoms with Crippen LogP contribution >= 0.6 is 11.3 Å². The summed E-state index contributed by atoms with van der Waals surface area (Å²) < 4.78 is 12.9. The minimum atomic E-state index is 0.535. The van der Waals surface area contributed by atoms with Gasteiger partial charge in [-0.1, -0.05) is 0 Å². The predicted octanol–water partition coefficient (Wildman–Crippen LogP) is 0.768. The van der Waals surface area contributed by atoms with Gasteiger partial charge in [0.1, 0.15) is 12.3 Å². The monoisotopic (exact) mass is 293 g/mol. The number of aromatic nitrogens is 4. The zero-order chi connectivity index (χ0) is 13.4. The van der Waals surface area contributed by atoms with Gasteiger partial charge in [-0.25, -0.2) is 4.98 Å². The molecule has 7 nitrogen and oxygen atoms in total. The molecule has 0 unspecified atom stereocenters. The van der Waals surface area contributed by atoms with Gasteiger partial charge in [0.25, 0.3) is 0 Å². The van der Waals surface area contributed by atoms with Gasteiger partial charge in [-0.3, -0.25) is 0 Å². The summed E-state index contributed by atoms with van der Waals surface area (Å²) in [6.07, 6.45) is 0. The molecule has 2 aromatic rings. The lowest BCUT2D eigenvalue weighted by atomic mass is 10.4. The van der Waals surface area contributed by atoms with E-state index in [0.29, 0.717) is 13.2 Å². The van der Waals surface area contributed by atoms with Gasteiger partial charge in [0.15, 0.2) is 16.8 Å². The average Bonchev–Trinajstić information content (AvgIpc) is 3.14. The van der Waals surface area contributed by atoms with E-state index in [0.717, 1.165) is 55.3 Å². The maximum Gasteiger partial charge on any atom is 0.186 e. The van der Waals surface area contributed by atoms with Crippen LogP contribution in [0.3, 0.4) is 0 Å². The van der Waals surface area contributed by atoms with Crippen molar-refractivity contribution in [2.24, 2.45) is 0 Å². The largest absolute Gasteiger partial charge is 0.378 e. The van der Waals surface area contributed by atoms with Crippen LogP contribution in [-0.4, -0.2) is 52.7 Å². The maximum atomic E-state index is 5.38. The molecule has 0 atom stereocenters. The van der Waals surface area contributed by atoms with E-state index < -0.39 is 0 Å². The summed E-state index contributed by atoms with van der Waals surface area (Å²) in [5.41, 5.74) is 0.900. The van der Waals surface area contributed by atoms with Crippen molar-refractivity contribution >= 4 is 16.5 Å². The fourth-order valence-electron chi connectivity index (χ4n) is 2.45. The number of hydrogen-bond donors (Lipinski definition) is 0. The molecule has 0 bridgehead atoms. The van der Waals surface area contributed by atoms with Gasteiger partial charge in [-0.05, 0) is 0 Å². The predicted molar refractivity (Wildman–Crippen MR) is 73.8 cm³/mol. The van der Waals surface area contributed by atoms with Crippen molar-refractivity contribution in [3.8, 4) is 11.5 Å². The highest BCUT2D eigenvalue weighted by Gasteiger charge is 2.21. The molecule has 20 heavy (non-hydrogen) atoms. The molecule has 106 valence electrons. The Bertz CT molecular complexity index is 605. The van der Waals surface area contributed by atoms with Crippen molar-refractivity contribution in [2.75, 3.05) is 37.8 Å². The molecular weight excluding hydrogens is 278 g/mol. The SMILES string of the molecule is c1sc(N2CCOCC2)nc1-c1nnc2n1CCOC2. The van der Waals surface area contributed by atoms with Gasteiger partial charge in [0.2, 0.25) is 0 Å². The van der Waals surface area contributed by atoms with E-state index in [-0.39, 0.29) is 0 Å². The standard InChI is InChI=1S/C12H15N5O2S/c1-4-18-5-2-16(1)12-13-9(8-20-12)11-15-14-10-7-19-6-3-17(10)11/h8H,1-7H2. The molecule has 1 saturated heterocycles. The lowest BCUT2D eigenvalue weighted by Gasteiger charge is -2.26. The van der Waals surface area contributed by atoms with Crippen molar-refractivity contribution < 1.29 is 9.47 Å². The molecule has 1 fully saturated rings. The van der Waals surface area contributed by atoms with Crippen molar-refractivity contribution in [1.82, 2.24) is 19.7 Å². The smallest absolute Gasteiger partial charge is 0.186 e. The summed E-state index contributed by atoms with van der Waals surface area (Å²) in [7, 11) is 0. The molecule has 0 aromatic carbocycles. The lowest BCUT2D eigenvalue weighted by molar-refractivity contribution is 0.0820. The van der Waals surface area contributed by atoms with E-state index in [2.05, 4.69) is 25.0 Å². The highest BCUT2D eigenvalue weighted by molar-refractivity contribution is 7.14. The number of hydrogen-bond acceptors (Lipinski definition) is 7. The fourth-order valence-corrected chi connectivity index (χ4v) is 3.31. The Hall–Kier alpha value is -1.51. The summed E-state index contributed by atoms with van der Waals surface area (Å²) in [5.74, 6) is 1.73. The Morgan fingerprint density at radius 3 is 2.80 bits per heavy atom. The first-order chi connectivity index (χ1) is 9.92. The summed E-state index contributed by atoms with van der Waals surface area (Å²) >= 11 is 1.65. The van der Waals surface area contributed by atoms with Crippen LogP contribution in [0, 0.1) is 0 Å². The Morgan fingerprint density at radius 1 is 1.05 bits per heavy atom. The Kier molecular flexibility index (Phi) is 3.13. The number of fused-ring (bicyclic) bond motifs is 1. The number of rotatable bonds is 2. The second kappa shape index (κ2) is 5.12. The number of morpholine rings is 1. The quantitative estimate of drug-likeness (QED) is 0.815. The Balaban J connectivity index is 1.63. The molecule has 0 saturated carbocycles. The lowest BCUT2D eigenvalue weighted by Crippen LogP contribution is -2.36. The van der Waals surface area contributed by atoms with E-state index in [9.17, 15) is 0 Å². The Labute approximate surface area is 120 Å². The molecule has 2 aliphatic heterocycles. The third-order valence-corrected chi connectivity index (χ3v) is 4.42. The van der Waals surface area contributed by atoms with Crippen LogP contribution in [0.25, 0.3) is 11.5 Å². The number of ether oxygens (including phenoxy) is 2. The summed E-state index contributed by atoms with van der Waals surface area (Å²) in [5, 5.41) is 11.5. The number of nitrogens with zero attached hydrogens (tertiary/aromatic N) is 5. The van der Waals surface area contributed by atoms with Crippen molar-refractivity contribution in [3.63, 3.8) is 0 Å². The average molecular weight is 293 g/mol. The zero-order valence-corrected chi connectivity index (χ0v) is 11.8. The second-order valence-corrected chi connectivity index (χ2v) is 5.60. The molecule has 0 N–H and O–H groups in total. The van der Waals surface area contributed by atoms with Crippen molar-refractivity contribution in [1.29, 1.82) is 0 Å². The van der Waals surface area contributed by atoms with Gasteiger partial charge in [-0.2, -0.15) is 0 Å². The molecule has 2 aromatic heterocycles.